The van der Waals surface area contributed by atoms with Crippen LogP contribution in [0.4, 0.5) is 0 Å². The summed E-state index contributed by atoms with van der Waals surface area (Å²) in [7, 11) is 0. The van der Waals surface area contributed by atoms with Crippen LogP contribution in [0.3, 0.4) is 0 Å². The fourth-order valence-corrected chi connectivity index (χ4v) is 4.01. The molecule has 2 aliphatic rings. The van der Waals surface area contributed by atoms with Crippen molar-refractivity contribution >= 4 is 17.7 Å². The third-order valence-electron chi connectivity index (χ3n) is 4.56. The molecule has 26 heavy (non-hydrogen) atoms. The Morgan fingerprint density at radius 1 is 1.23 bits per heavy atom. The number of hydrogen-bond donors (Lipinski definition) is 1. The molecule has 1 aromatic heterocycles. The van der Waals surface area contributed by atoms with Crippen LogP contribution in [0.25, 0.3) is 0 Å². The van der Waals surface area contributed by atoms with E-state index >= 15 is 0 Å². The molecule has 0 unspecified atom stereocenters. The maximum atomic E-state index is 12.2. The largest absolute Gasteiger partial charge is 0.486 e. The number of aromatic nitrogens is 4. The molecule has 138 valence electrons. The van der Waals surface area contributed by atoms with Gasteiger partial charge in [0.1, 0.15) is 13.2 Å². The number of amides is 1. The van der Waals surface area contributed by atoms with E-state index in [0.717, 1.165) is 29.9 Å². The molecule has 4 rings (SSSR count). The second-order valence-corrected chi connectivity index (χ2v) is 7.33. The molecule has 0 saturated heterocycles. The topological polar surface area (TPSA) is 91.2 Å². The Bertz CT molecular complexity index is 776. The van der Waals surface area contributed by atoms with Gasteiger partial charge in [0.15, 0.2) is 11.5 Å². The van der Waals surface area contributed by atoms with Crippen molar-refractivity contribution in [3.63, 3.8) is 0 Å². The molecule has 0 radical (unpaired) electrons. The van der Waals surface area contributed by atoms with Crippen LogP contribution >= 0.6 is 11.8 Å². The molecule has 1 saturated carbocycles. The minimum Gasteiger partial charge on any atom is -0.486 e. The van der Waals surface area contributed by atoms with Crippen molar-refractivity contribution in [3.8, 4) is 11.5 Å². The van der Waals surface area contributed by atoms with Gasteiger partial charge in [0, 0.05) is 6.54 Å². The van der Waals surface area contributed by atoms with E-state index < -0.39 is 0 Å². The van der Waals surface area contributed by atoms with Crippen molar-refractivity contribution in [2.75, 3.05) is 19.0 Å². The van der Waals surface area contributed by atoms with Gasteiger partial charge in [0.2, 0.25) is 11.1 Å². The number of benzene rings is 1. The van der Waals surface area contributed by atoms with E-state index in [-0.39, 0.29) is 11.7 Å². The summed E-state index contributed by atoms with van der Waals surface area (Å²) >= 11 is 1.38. The highest BCUT2D eigenvalue weighted by Crippen LogP contribution is 2.32. The molecule has 1 N–H and O–H groups in total. The zero-order chi connectivity index (χ0) is 17.8. The molecule has 1 aromatic carbocycles. The van der Waals surface area contributed by atoms with Gasteiger partial charge in [-0.05, 0) is 41.0 Å². The Hall–Kier alpha value is -2.29. The summed E-state index contributed by atoms with van der Waals surface area (Å²) < 4.78 is 12.9. The van der Waals surface area contributed by atoms with Crippen molar-refractivity contribution in [2.45, 2.75) is 43.4 Å². The van der Waals surface area contributed by atoms with E-state index in [1.54, 1.807) is 0 Å². The summed E-state index contributed by atoms with van der Waals surface area (Å²) in [6.45, 7) is 1.57. The second kappa shape index (κ2) is 7.94. The number of nitrogens with zero attached hydrogens (tertiary/aromatic N) is 4. The SMILES string of the molecule is O=C(CSc1nnnn1C1CCCC1)NCc1ccc2c(c1)OCCO2. The molecule has 0 atom stereocenters. The van der Waals surface area contributed by atoms with Crippen LogP contribution in [-0.4, -0.2) is 45.1 Å². The third kappa shape index (κ3) is 3.92. The van der Waals surface area contributed by atoms with Crippen LogP contribution in [0, 0.1) is 0 Å². The lowest BCUT2D eigenvalue weighted by atomic mass is 10.2. The van der Waals surface area contributed by atoms with Crippen LogP contribution in [0.2, 0.25) is 0 Å². The Morgan fingerprint density at radius 3 is 2.88 bits per heavy atom. The summed E-state index contributed by atoms with van der Waals surface area (Å²) in [6.07, 6.45) is 4.64. The van der Waals surface area contributed by atoms with Gasteiger partial charge in [-0.1, -0.05) is 30.7 Å². The molecule has 2 aromatic rings. The number of rotatable bonds is 6. The van der Waals surface area contributed by atoms with Gasteiger partial charge in [0.05, 0.1) is 11.8 Å². The van der Waals surface area contributed by atoms with Crippen LogP contribution in [0.1, 0.15) is 37.3 Å². The number of nitrogens with one attached hydrogen (secondary N) is 1. The van der Waals surface area contributed by atoms with E-state index in [0.29, 0.717) is 31.0 Å². The molecule has 0 bridgehead atoms. The molecule has 9 heteroatoms. The Balaban J connectivity index is 1.28. The highest BCUT2D eigenvalue weighted by atomic mass is 32.2. The number of carbonyl (C=O) groups is 1. The maximum absolute atomic E-state index is 12.2. The van der Waals surface area contributed by atoms with E-state index in [9.17, 15) is 4.79 Å². The number of tetrazole rings is 1. The number of ether oxygens (including phenoxy) is 2. The smallest absolute Gasteiger partial charge is 0.230 e. The summed E-state index contributed by atoms with van der Waals surface area (Å²) in [6, 6.07) is 6.08. The van der Waals surface area contributed by atoms with Crippen LogP contribution in [-0.2, 0) is 11.3 Å². The van der Waals surface area contributed by atoms with E-state index in [2.05, 4.69) is 20.8 Å². The first-order valence-corrected chi connectivity index (χ1v) is 9.84. The first-order valence-electron chi connectivity index (χ1n) is 8.85. The fourth-order valence-electron chi connectivity index (χ4n) is 3.24. The van der Waals surface area contributed by atoms with Gasteiger partial charge < -0.3 is 14.8 Å². The molecule has 1 amide bonds. The zero-order valence-electron chi connectivity index (χ0n) is 14.4. The van der Waals surface area contributed by atoms with Crippen molar-refractivity contribution < 1.29 is 14.3 Å². The number of carbonyl (C=O) groups excluding carboxylic acids is 1. The highest BCUT2D eigenvalue weighted by molar-refractivity contribution is 7.99. The minimum absolute atomic E-state index is 0.0501. The normalized spacial score (nSPS) is 16.6. The lowest BCUT2D eigenvalue weighted by molar-refractivity contribution is -0.118. The Labute approximate surface area is 155 Å². The summed E-state index contributed by atoms with van der Waals surface area (Å²) in [5.41, 5.74) is 0.975. The van der Waals surface area contributed by atoms with Gasteiger partial charge in [-0.25, -0.2) is 4.68 Å². The van der Waals surface area contributed by atoms with Gasteiger partial charge in [0.25, 0.3) is 0 Å². The minimum atomic E-state index is -0.0501. The highest BCUT2D eigenvalue weighted by Gasteiger charge is 2.22. The van der Waals surface area contributed by atoms with Crippen LogP contribution in [0.15, 0.2) is 23.4 Å². The molecule has 1 aliphatic heterocycles. The average molecular weight is 375 g/mol. The Morgan fingerprint density at radius 2 is 2.04 bits per heavy atom. The molecular formula is C17H21N5O3S. The number of hydrogen-bond acceptors (Lipinski definition) is 7. The second-order valence-electron chi connectivity index (χ2n) is 6.39. The lowest BCUT2D eigenvalue weighted by Gasteiger charge is -2.19. The van der Waals surface area contributed by atoms with Gasteiger partial charge in [-0.15, -0.1) is 5.10 Å². The van der Waals surface area contributed by atoms with Crippen molar-refractivity contribution in [1.82, 2.24) is 25.5 Å². The van der Waals surface area contributed by atoms with Crippen molar-refractivity contribution in [3.05, 3.63) is 23.8 Å². The van der Waals surface area contributed by atoms with Crippen molar-refractivity contribution in [1.29, 1.82) is 0 Å². The molecule has 2 heterocycles. The van der Waals surface area contributed by atoms with Crippen LogP contribution in [0.5, 0.6) is 11.5 Å². The number of fused-ring (bicyclic) bond motifs is 1. The molecule has 1 aliphatic carbocycles. The lowest BCUT2D eigenvalue weighted by Crippen LogP contribution is -2.25. The van der Waals surface area contributed by atoms with Gasteiger partial charge in [-0.3, -0.25) is 4.79 Å². The predicted octanol–water partition coefficient (Wildman–Crippen LogP) is 1.97. The van der Waals surface area contributed by atoms with Gasteiger partial charge in [-0.2, -0.15) is 0 Å². The predicted molar refractivity (Wildman–Crippen MR) is 95.3 cm³/mol. The molecule has 8 nitrogen and oxygen atoms in total. The first-order chi connectivity index (χ1) is 12.8. The Kier molecular flexibility index (Phi) is 5.24. The first kappa shape index (κ1) is 17.1. The van der Waals surface area contributed by atoms with Gasteiger partial charge >= 0.3 is 0 Å². The molecule has 1 fully saturated rings. The quantitative estimate of drug-likeness (QED) is 0.772. The fraction of sp³-hybridized carbons (Fsp3) is 0.529. The third-order valence-corrected chi connectivity index (χ3v) is 5.50. The zero-order valence-corrected chi connectivity index (χ0v) is 15.2. The standard InChI is InChI=1S/C17H21N5O3S/c23-16(11-26-17-19-20-21-22(17)13-3-1-2-4-13)18-10-12-5-6-14-15(9-12)25-8-7-24-14/h5-6,9,13H,1-4,7-8,10-11H2,(H,18,23). The summed E-state index contributed by atoms with van der Waals surface area (Å²) in [5, 5.41) is 15.5. The molecular weight excluding hydrogens is 354 g/mol. The van der Waals surface area contributed by atoms with Crippen LogP contribution < -0.4 is 14.8 Å². The summed E-state index contributed by atoms with van der Waals surface area (Å²) in [4.78, 5) is 12.2. The number of thioether (sulfide) groups is 1. The van der Waals surface area contributed by atoms with Crippen molar-refractivity contribution in [2.24, 2.45) is 0 Å². The summed E-state index contributed by atoms with van der Waals surface area (Å²) in [5.74, 6) is 1.72. The van der Waals surface area contributed by atoms with E-state index in [4.69, 9.17) is 9.47 Å². The van der Waals surface area contributed by atoms with E-state index in [1.807, 2.05) is 22.9 Å². The molecule has 0 spiro atoms. The average Bonchev–Trinajstić information content (AvgIpc) is 3.35. The van der Waals surface area contributed by atoms with E-state index in [1.165, 1.54) is 24.6 Å². The maximum Gasteiger partial charge on any atom is 0.230 e. The monoisotopic (exact) mass is 375 g/mol.